The van der Waals surface area contributed by atoms with E-state index in [1.165, 1.54) is 0 Å². The molecular formula is C26H29ClN3O3-. The number of hydrogen-bond acceptors (Lipinski definition) is 5. The molecule has 2 saturated heterocycles. The summed E-state index contributed by atoms with van der Waals surface area (Å²) in [5.41, 5.74) is 1.32. The normalized spacial score (nSPS) is 25.3. The zero-order chi connectivity index (χ0) is 22.2. The Kier molecular flexibility index (Phi) is 6.56. The van der Waals surface area contributed by atoms with Crippen LogP contribution in [0, 0.1) is 17.2 Å². The number of nitrogens with zero attached hydrogens (tertiary/aromatic N) is 2. The number of carbonyl (C=O) groups excluding carboxylic acids is 1. The largest absolute Gasteiger partial charge is 1.00 e. The molecule has 3 aliphatic heterocycles. The van der Waals surface area contributed by atoms with Gasteiger partial charge in [-0.15, -0.1) is 0 Å². The molecule has 2 aromatic carbocycles. The Morgan fingerprint density at radius 2 is 1.91 bits per heavy atom. The SMILES string of the molecule is COc1cccc2c1OCC[C@]21CNC[C@H]1C(=O)N1CCC(C#N)(c2ccccc2)CC1.[Cl-]. The van der Waals surface area contributed by atoms with Crippen LogP contribution in [0.5, 0.6) is 11.5 Å². The predicted molar refractivity (Wildman–Crippen MR) is 121 cm³/mol. The molecule has 0 bridgehead atoms. The molecule has 3 aliphatic rings. The van der Waals surface area contributed by atoms with E-state index in [4.69, 9.17) is 9.47 Å². The predicted octanol–water partition coefficient (Wildman–Crippen LogP) is 0.0229. The maximum absolute atomic E-state index is 13.8. The van der Waals surface area contributed by atoms with Crippen molar-refractivity contribution < 1.29 is 26.7 Å². The standard InChI is InChI=1S/C26H29N3O3.ClH/c1-31-22-9-5-8-20-23(22)32-15-12-26(20)18-28-16-21(26)24(30)29-13-10-25(17-27,11-14-29)19-6-3-2-4-7-19;/h2-9,21,28H,10-16,18H2,1H3;1H/p-1/t21-,26-;/m0./s1. The van der Waals surface area contributed by atoms with Gasteiger partial charge in [0.05, 0.1) is 31.1 Å². The molecule has 33 heavy (non-hydrogen) atoms. The molecule has 2 fully saturated rings. The lowest BCUT2D eigenvalue weighted by atomic mass is 9.68. The van der Waals surface area contributed by atoms with Gasteiger partial charge in [0.25, 0.3) is 0 Å². The van der Waals surface area contributed by atoms with Crippen molar-refractivity contribution in [3.63, 3.8) is 0 Å². The Morgan fingerprint density at radius 3 is 2.61 bits per heavy atom. The topological polar surface area (TPSA) is 74.6 Å². The number of amides is 1. The molecule has 0 aliphatic carbocycles. The second-order valence-electron chi connectivity index (χ2n) is 9.16. The molecule has 2 aromatic rings. The number of nitrogens with one attached hydrogen (secondary N) is 1. The summed E-state index contributed by atoms with van der Waals surface area (Å²) < 4.78 is 11.5. The Morgan fingerprint density at radius 1 is 1.15 bits per heavy atom. The van der Waals surface area contributed by atoms with Crippen LogP contribution in [0.4, 0.5) is 0 Å². The number of rotatable bonds is 3. The lowest BCUT2D eigenvalue weighted by molar-refractivity contribution is -0.138. The maximum atomic E-state index is 13.8. The minimum atomic E-state index is -0.512. The Hall–Kier alpha value is -2.75. The van der Waals surface area contributed by atoms with E-state index in [2.05, 4.69) is 17.5 Å². The van der Waals surface area contributed by atoms with Crippen molar-refractivity contribution in [3.8, 4) is 17.6 Å². The van der Waals surface area contributed by atoms with Gasteiger partial charge in [-0.05, 0) is 30.9 Å². The number of carbonyl (C=O) groups is 1. The van der Waals surface area contributed by atoms with Crippen LogP contribution in [0.2, 0.25) is 0 Å². The summed E-state index contributed by atoms with van der Waals surface area (Å²) in [6.07, 6.45) is 2.14. The number of ether oxygens (including phenoxy) is 2. The van der Waals surface area contributed by atoms with Gasteiger partial charge in [0.1, 0.15) is 0 Å². The highest BCUT2D eigenvalue weighted by Crippen LogP contribution is 2.50. The zero-order valence-electron chi connectivity index (χ0n) is 18.9. The highest BCUT2D eigenvalue weighted by Gasteiger charge is 2.53. The van der Waals surface area contributed by atoms with E-state index in [1.807, 2.05) is 47.4 Å². The Balaban J connectivity index is 0.00000259. The molecule has 174 valence electrons. The van der Waals surface area contributed by atoms with Gasteiger partial charge in [0.15, 0.2) is 11.5 Å². The number of piperidine rings is 1. The Bertz CT molecular complexity index is 1050. The molecule has 0 saturated carbocycles. The van der Waals surface area contributed by atoms with Gasteiger partial charge in [0, 0.05) is 37.2 Å². The quantitative estimate of drug-likeness (QED) is 0.690. The lowest BCUT2D eigenvalue weighted by Crippen LogP contribution is -3.00. The molecule has 7 heteroatoms. The van der Waals surface area contributed by atoms with Crippen LogP contribution in [-0.2, 0) is 15.6 Å². The van der Waals surface area contributed by atoms with Crippen molar-refractivity contribution in [2.24, 2.45) is 5.92 Å². The first kappa shape index (κ1) is 23.4. The van der Waals surface area contributed by atoms with Crippen LogP contribution in [-0.4, -0.2) is 50.7 Å². The van der Waals surface area contributed by atoms with Crippen molar-refractivity contribution >= 4 is 5.91 Å². The summed E-state index contributed by atoms with van der Waals surface area (Å²) >= 11 is 0. The molecule has 1 spiro atoms. The van der Waals surface area contributed by atoms with E-state index in [-0.39, 0.29) is 29.6 Å². The van der Waals surface area contributed by atoms with Crippen molar-refractivity contribution in [2.45, 2.75) is 30.1 Å². The van der Waals surface area contributed by atoms with Crippen molar-refractivity contribution in [1.82, 2.24) is 10.2 Å². The second kappa shape index (κ2) is 9.24. The van der Waals surface area contributed by atoms with Gasteiger partial charge in [-0.1, -0.05) is 42.5 Å². The fraction of sp³-hybridized carbons (Fsp3) is 0.462. The minimum absolute atomic E-state index is 0. The molecule has 0 unspecified atom stereocenters. The number of hydrogen-bond donors (Lipinski definition) is 1. The second-order valence-corrected chi connectivity index (χ2v) is 9.16. The average Bonchev–Trinajstić information content (AvgIpc) is 3.28. The van der Waals surface area contributed by atoms with Gasteiger partial charge in [-0.2, -0.15) is 5.26 Å². The third-order valence-corrected chi connectivity index (χ3v) is 7.75. The average molecular weight is 467 g/mol. The van der Waals surface area contributed by atoms with Crippen LogP contribution < -0.4 is 27.2 Å². The number of nitriles is 1. The van der Waals surface area contributed by atoms with Gasteiger partial charge in [0.2, 0.25) is 5.91 Å². The van der Waals surface area contributed by atoms with Crippen LogP contribution in [0.25, 0.3) is 0 Å². The fourth-order valence-corrected chi connectivity index (χ4v) is 5.87. The van der Waals surface area contributed by atoms with E-state index < -0.39 is 5.41 Å². The highest BCUT2D eigenvalue weighted by atomic mass is 35.5. The number of para-hydroxylation sites is 1. The number of methoxy groups -OCH3 is 1. The number of halogens is 1. The summed E-state index contributed by atoms with van der Waals surface area (Å²) in [6.45, 7) is 3.20. The third kappa shape index (κ3) is 3.74. The van der Waals surface area contributed by atoms with Gasteiger partial charge in [-0.25, -0.2) is 0 Å². The molecule has 5 rings (SSSR count). The zero-order valence-corrected chi connectivity index (χ0v) is 19.6. The molecule has 2 atom stereocenters. The fourth-order valence-electron chi connectivity index (χ4n) is 5.87. The summed E-state index contributed by atoms with van der Waals surface area (Å²) in [7, 11) is 1.65. The summed E-state index contributed by atoms with van der Waals surface area (Å²) in [5.74, 6) is 1.53. The van der Waals surface area contributed by atoms with Crippen molar-refractivity contribution in [2.75, 3.05) is 39.9 Å². The van der Waals surface area contributed by atoms with E-state index in [9.17, 15) is 10.1 Å². The van der Waals surface area contributed by atoms with Crippen molar-refractivity contribution in [1.29, 1.82) is 5.26 Å². The van der Waals surface area contributed by atoms with Gasteiger partial charge >= 0.3 is 0 Å². The molecule has 1 N–H and O–H groups in total. The van der Waals surface area contributed by atoms with Gasteiger partial charge < -0.3 is 32.1 Å². The molecule has 0 radical (unpaired) electrons. The maximum Gasteiger partial charge on any atom is 0.227 e. The lowest BCUT2D eigenvalue weighted by Gasteiger charge is -2.43. The molecular weight excluding hydrogens is 438 g/mol. The minimum Gasteiger partial charge on any atom is -1.00 e. The number of benzene rings is 2. The van der Waals surface area contributed by atoms with Crippen LogP contribution >= 0.6 is 0 Å². The first-order chi connectivity index (χ1) is 15.6. The first-order valence-corrected chi connectivity index (χ1v) is 11.4. The van der Waals surface area contributed by atoms with E-state index in [0.29, 0.717) is 39.1 Å². The van der Waals surface area contributed by atoms with Crippen molar-refractivity contribution in [3.05, 3.63) is 59.7 Å². The number of likely N-dealkylation sites (tertiary alicyclic amines) is 1. The monoisotopic (exact) mass is 466 g/mol. The first-order valence-electron chi connectivity index (χ1n) is 11.4. The molecule has 1 amide bonds. The Labute approximate surface area is 201 Å². The number of fused-ring (bicyclic) bond motifs is 2. The summed E-state index contributed by atoms with van der Waals surface area (Å²) in [4.78, 5) is 15.8. The van der Waals surface area contributed by atoms with Crippen LogP contribution in [0.3, 0.4) is 0 Å². The van der Waals surface area contributed by atoms with Gasteiger partial charge in [-0.3, -0.25) is 4.79 Å². The molecule has 0 aromatic heterocycles. The smallest absolute Gasteiger partial charge is 0.227 e. The molecule has 3 heterocycles. The molecule has 6 nitrogen and oxygen atoms in total. The highest BCUT2D eigenvalue weighted by molar-refractivity contribution is 5.82. The van der Waals surface area contributed by atoms with Crippen LogP contribution in [0.1, 0.15) is 30.4 Å². The van der Waals surface area contributed by atoms with E-state index in [0.717, 1.165) is 35.6 Å². The van der Waals surface area contributed by atoms with E-state index >= 15 is 0 Å². The summed E-state index contributed by atoms with van der Waals surface area (Å²) in [6, 6.07) is 18.5. The summed E-state index contributed by atoms with van der Waals surface area (Å²) in [5, 5.41) is 13.5. The van der Waals surface area contributed by atoms with Crippen LogP contribution in [0.15, 0.2) is 48.5 Å². The third-order valence-electron chi connectivity index (χ3n) is 7.75. The van der Waals surface area contributed by atoms with E-state index in [1.54, 1.807) is 7.11 Å².